The molecule has 1 aromatic carbocycles. The first-order valence-corrected chi connectivity index (χ1v) is 4.09. The van der Waals surface area contributed by atoms with Crippen LogP contribution in [-0.4, -0.2) is 11.3 Å². The summed E-state index contributed by atoms with van der Waals surface area (Å²) in [5, 5.41) is 17.5. The Morgan fingerprint density at radius 3 is 2.00 bits per heavy atom. The summed E-state index contributed by atoms with van der Waals surface area (Å²) >= 11 is 0. The molecule has 0 bridgehead atoms. The third-order valence-electron chi connectivity index (χ3n) is 2.24. The van der Waals surface area contributed by atoms with Gasteiger partial charge < -0.3 is 5.11 Å². The lowest BCUT2D eigenvalue weighted by atomic mass is 9.83. The molecule has 0 heterocycles. The van der Waals surface area contributed by atoms with E-state index in [9.17, 15) is 13.2 Å². The summed E-state index contributed by atoms with van der Waals surface area (Å²) in [7, 11) is 0. The number of phenols is 1. The van der Waals surface area contributed by atoms with Crippen molar-refractivity contribution in [2.24, 2.45) is 0 Å². The fraction of sp³-hybridized carbons (Fsp3) is 0.300. The molecule has 0 fully saturated rings. The summed E-state index contributed by atoms with van der Waals surface area (Å²) < 4.78 is 37.8. The molecule has 0 saturated heterocycles. The van der Waals surface area contributed by atoms with Gasteiger partial charge in [0.15, 0.2) is 5.41 Å². The molecule has 1 unspecified atom stereocenters. The summed E-state index contributed by atoms with van der Waals surface area (Å²) in [6.45, 7) is 0.805. The van der Waals surface area contributed by atoms with E-state index in [2.05, 4.69) is 0 Å². The molecule has 0 spiro atoms. The topological polar surface area (TPSA) is 44.0 Å². The van der Waals surface area contributed by atoms with E-state index in [4.69, 9.17) is 10.4 Å². The molecular weight excluding hydrogens is 207 g/mol. The molecule has 0 aromatic heterocycles. The van der Waals surface area contributed by atoms with E-state index in [1.807, 2.05) is 0 Å². The van der Waals surface area contributed by atoms with Crippen molar-refractivity contribution in [1.29, 1.82) is 5.26 Å². The molecule has 0 aliphatic carbocycles. The van der Waals surface area contributed by atoms with Crippen LogP contribution in [0.3, 0.4) is 0 Å². The van der Waals surface area contributed by atoms with Crippen LogP contribution in [0, 0.1) is 11.3 Å². The number of benzene rings is 1. The standard InChI is InChI=1S/C10H8F3NO/c1-9(6-14,10(11,12)13)7-2-4-8(15)5-3-7/h2-5,15H,1H3. The van der Waals surface area contributed by atoms with Crippen LogP contribution in [0.1, 0.15) is 12.5 Å². The van der Waals surface area contributed by atoms with Crippen LogP contribution in [0.4, 0.5) is 13.2 Å². The van der Waals surface area contributed by atoms with Gasteiger partial charge in [-0.2, -0.15) is 18.4 Å². The minimum absolute atomic E-state index is 0.138. The molecule has 80 valence electrons. The zero-order valence-electron chi connectivity index (χ0n) is 7.84. The number of hydrogen-bond donors (Lipinski definition) is 1. The third kappa shape index (κ3) is 1.89. The predicted molar refractivity (Wildman–Crippen MR) is 47.1 cm³/mol. The minimum atomic E-state index is -4.64. The Kier molecular flexibility index (Phi) is 2.63. The first-order chi connectivity index (χ1) is 6.81. The Hall–Kier alpha value is -1.70. The van der Waals surface area contributed by atoms with Gasteiger partial charge in [0.05, 0.1) is 6.07 Å². The lowest BCUT2D eigenvalue weighted by molar-refractivity contribution is -0.168. The maximum atomic E-state index is 12.6. The van der Waals surface area contributed by atoms with Crippen LogP contribution in [0.25, 0.3) is 0 Å². The number of rotatable bonds is 1. The number of nitriles is 1. The molecule has 0 radical (unpaired) electrons. The Balaban J connectivity index is 3.26. The van der Waals surface area contributed by atoms with Gasteiger partial charge in [-0.05, 0) is 24.6 Å². The highest BCUT2D eigenvalue weighted by molar-refractivity contribution is 5.37. The quantitative estimate of drug-likeness (QED) is 0.782. The normalized spacial score (nSPS) is 15.4. The second-order valence-electron chi connectivity index (χ2n) is 3.28. The van der Waals surface area contributed by atoms with Crippen molar-refractivity contribution in [1.82, 2.24) is 0 Å². The number of halogens is 3. The Labute approximate surface area is 84.6 Å². The van der Waals surface area contributed by atoms with Crippen molar-refractivity contribution in [3.05, 3.63) is 29.8 Å². The molecule has 1 N–H and O–H groups in total. The Bertz CT molecular complexity index is 391. The molecular formula is C10H8F3NO. The molecule has 2 nitrogen and oxygen atoms in total. The summed E-state index contributed by atoms with van der Waals surface area (Å²) in [6, 6.07) is 5.67. The van der Waals surface area contributed by atoms with Crippen molar-refractivity contribution < 1.29 is 18.3 Å². The number of hydrogen-bond acceptors (Lipinski definition) is 2. The van der Waals surface area contributed by atoms with Crippen LogP contribution in [0.2, 0.25) is 0 Å². The molecule has 1 aromatic rings. The maximum absolute atomic E-state index is 12.6. The molecule has 1 atom stereocenters. The Morgan fingerprint density at radius 1 is 1.20 bits per heavy atom. The van der Waals surface area contributed by atoms with Crippen molar-refractivity contribution >= 4 is 0 Å². The van der Waals surface area contributed by atoms with Gasteiger partial charge in [0.25, 0.3) is 0 Å². The van der Waals surface area contributed by atoms with Crippen LogP contribution < -0.4 is 0 Å². The minimum Gasteiger partial charge on any atom is -0.508 e. The van der Waals surface area contributed by atoms with Gasteiger partial charge in [-0.25, -0.2) is 0 Å². The fourth-order valence-corrected chi connectivity index (χ4v) is 1.09. The van der Waals surface area contributed by atoms with E-state index < -0.39 is 11.6 Å². The van der Waals surface area contributed by atoms with E-state index in [1.54, 1.807) is 0 Å². The van der Waals surface area contributed by atoms with Crippen LogP contribution >= 0.6 is 0 Å². The summed E-state index contributed by atoms with van der Waals surface area (Å²) in [4.78, 5) is 0. The van der Waals surface area contributed by atoms with E-state index in [1.165, 1.54) is 6.07 Å². The van der Waals surface area contributed by atoms with Gasteiger partial charge in [0.2, 0.25) is 0 Å². The van der Waals surface area contributed by atoms with Crippen molar-refractivity contribution in [3.8, 4) is 11.8 Å². The molecule has 0 amide bonds. The second-order valence-corrected chi connectivity index (χ2v) is 3.28. The van der Waals surface area contributed by atoms with Gasteiger partial charge >= 0.3 is 6.18 Å². The second kappa shape index (κ2) is 3.46. The molecule has 5 heteroatoms. The van der Waals surface area contributed by atoms with Gasteiger partial charge in [-0.15, -0.1) is 0 Å². The van der Waals surface area contributed by atoms with Crippen molar-refractivity contribution in [2.45, 2.75) is 18.5 Å². The maximum Gasteiger partial charge on any atom is 0.410 e. The van der Waals surface area contributed by atoms with E-state index in [0.29, 0.717) is 0 Å². The predicted octanol–water partition coefficient (Wildman–Crippen LogP) is 2.74. The summed E-state index contributed by atoms with van der Waals surface area (Å²) in [5.74, 6) is -0.138. The SMILES string of the molecule is CC(C#N)(c1ccc(O)cc1)C(F)(F)F. The van der Waals surface area contributed by atoms with E-state index >= 15 is 0 Å². The summed E-state index contributed by atoms with van der Waals surface area (Å²) in [5.41, 5.74) is -2.73. The highest BCUT2D eigenvalue weighted by Gasteiger charge is 2.53. The number of nitrogens with zero attached hydrogens (tertiary/aromatic N) is 1. The molecule has 15 heavy (non-hydrogen) atoms. The highest BCUT2D eigenvalue weighted by atomic mass is 19.4. The number of phenolic OH excluding ortho intramolecular Hbond substituents is 1. The van der Waals surface area contributed by atoms with Gasteiger partial charge in [-0.1, -0.05) is 12.1 Å². The first-order valence-electron chi connectivity index (χ1n) is 4.09. The lowest BCUT2D eigenvalue weighted by Crippen LogP contribution is -2.37. The van der Waals surface area contributed by atoms with Gasteiger partial charge in [-0.3, -0.25) is 0 Å². The van der Waals surface area contributed by atoms with Crippen LogP contribution in [0.15, 0.2) is 24.3 Å². The smallest absolute Gasteiger partial charge is 0.410 e. The van der Waals surface area contributed by atoms with Crippen molar-refractivity contribution in [2.75, 3.05) is 0 Å². The average Bonchev–Trinajstić information content (AvgIpc) is 2.16. The number of aromatic hydroxyl groups is 1. The van der Waals surface area contributed by atoms with E-state index in [-0.39, 0.29) is 11.3 Å². The largest absolute Gasteiger partial charge is 0.508 e. The highest BCUT2D eigenvalue weighted by Crippen LogP contribution is 2.40. The molecule has 1 rings (SSSR count). The van der Waals surface area contributed by atoms with Crippen LogP contribution in [0.5, 0.6) is 5.75 Å². The zero-order valence-corrected chi connectivity index (χ0v) is 7.84. The van der Waals surface area contributed by atoms with Crippen molar-refractivity contribution in [3.63, 3.8) is 0 Å². The lowest BCUT2D eigenvalue weighted by Gasteiger charge is -2.25. The molecule has 0 saturated carbocycles. The zero-order chi connectivity index (χ0) is 11.7. The van der Waals surface area contributed by atoms with Gasteiger partial charge in [0, 0.05) is 0 Å². The molecule has 0 aliphatic heterocycles. The fourth-order valence-electron chi connectivity index (χ4n) is 1.09. The summed E-state index contributed by atoms with van der Waals surface area (Å²) in [6.07, 6.45) is -4.64. The third-order valence-corrected chi connectivity index (χ3v) is 2.24. The first kappa shape index (κ1) is 11.4. The van der Waals surface area contributed by atoms with E-state index in [0.717, 1.165) is 31.2 Å². The van der Waals surface area contributed by atoms with Crippen LogP contribution in [-0.2, 0) is 5.41 Å². The monoisotopic (exact) mass is 215 g/mol. The van der Waals surface area contributed by atoms with Gasteiger partial charge in [0.1, 0.15) is 5.75 Å². The Morgan fingerprint density at radius 2 is 1.67 bits per heavy atom. The number of alkyl halides is 3. The average molecular weight is 215 g/mol. The molecule has 0 aliphatic rings.